The van der Waals surface area contributed by atoms with Crippen molar-refractivity contribution in [2.24, 2.45) is 0 Å². The number of carbonyl (C=O) groups is 1. The normalized spacial score (nSPS) is 11.2. The fraction of sp³-hybridized carbons (Fsp3) is 0.267. The van der Waals surface area contributed by atoms with E-state index in [9.17, 15) is 22.4 Å². The van der Waals surface area contributed by atoms with Crippen LogP contribution in [0.3, 0.4) is 0 Å². The molecular formula is C15H13F4N3O2. The highest BCUT2D eigenvalue weighted by Crippen LogP contribution is 2.29. The van der Waals surface area contributed by atoms with Crippen molar-refractivity contribution in [2.45, 2.75) is 20.0 Å². The Morgan fingerprint density at radius 2 is 2.04 bits per heavy atom. The van der Waals surface area contributed by atoms with E-state index >= 15 is 0 Å². The van der Waals surface area contributed by atoms with Crippen molar-refractivity contribution >= 4 is 17.5 Å². The number of rotatable bonds is 4. The molecule has 0 radical (unpaired) electrons. The van der Waals surface area contributed by atoms with Gasteiger partial charge in [0.25, 0.3) is 0 Å². The van der Waals surface area contributed by atoms with Gasteiger partial charge in [-0.05, 0) is 37.6 Å². The van der Waals surface area contributed by atoms with Crippen LogP contribution in [-0.2, 0) is 10.9 Å². The van der Waals surface area contributed by atoms with E-state index in [-0.39, 0.29) is 18.0 Å². The van der Waals surface area contributed by atoms with Crippen molar-refractivity contribution < 1.29 is 27.1 Å². The highest BCUT2D eigenvalue weighted by molar-refractivity contribution is 5.95. The van der Waals surface area contributed by atoms with Crippen LogP contribution in [0, 0.1) is 12.7 Å². The molecule has 0 bridgehead atoms. The first-order valence-corrected chi connectivity index (χ1v) is 6.87. The van der Waals surface area contributed by atoms with Crippen LogP contribution >= 0.6 is 0 Å². The summed E-state index contributed by atoms with van der Waals surface area (Å²) in [6.45, 7) is 3.15. The predicted molar refractivity (Wildman–Crippen MR) is 77.4 cm³/mol. The number of nitrogens with zero attached hydrogens (tertiary/aromatic N) is 2. The minimum absolute atomic E-state index is 0.0366. The number of nitrogens with one attached hydrogen (secondary N) is 1. The first-order chi connectivity index (χ1) is 11.2. The lowest BCUT2D eigenvalue weighted by Crippen LogP contribution is -2.16. The highest BCUT2D eigenvalue weighted by atomic mass is 19.4. The summed E-state index contributed by atoms with van der Waals surface area (Å²) in [5.41, 5.74) is 0.472. The number of esters is 1. The maximum absolute atomic E-state index is 13.1. The van der Waals surface area contributed by atoms with Gasteiger partial charge in [0.1, 0.15) is 17.2 Å². The maximum Gasteiger partial charge on any atom is 0.451 e. The van der Waals surface area contributed by atoms with E-state index in [1.165, 1.54) is 12.1 Å². The van der Waals surface area contributed by atoms with Gasteiger partial charge in [0.05, 0.1) is 6.61 Å². The van der Waals surface area contributed by atoms with E-state index in [0.717, 1.165) is 12.3 Å². The Labute approximate surface area is 134 Å². The van der Waals surface area contributed by atoms with Crippen LogP contribution in [0.1, 0.15) is 28.7 Å². The van der Waals surface area contributed by atoms with Gasteiger partial charge in [-0.15, -0.1) is 0 Å². The van der Waals surface area contributed by atoms with Gasteiger partial charge in [-0.25, -0.2) is 19.2 Å². The molecule has 0 saturated carbocycles. The molecular weight excluding hydrogens is 330 g/mol. The Morgan fingerprint density at radius 3 is 2.62 bits per heavy atom. The summed E-state index contributed by atoms with van der Waals surface area (Å²) >= 11 is 0. The van der Waals surface area contributed by atoms with Crippen molar-refractivity contribution in [3.05, 3.63) is 47.2 Å². The van der Waals surface area contributed by atoms with Crippen LogP contribution in [0.15, 0.2) is 24.4 Å². The average Bonchev–Trinajstić information content (AvgIpc) is 2.49. The topological polar surface area (TPSA) is 64.1 Å². The van der Waals surface area contributed by atoms with Crippen molar-refractivity contribution in [2.75, 3.05) is 11.9 Å². The molecule has 0 fully saturated rings. The van der Waals surface area contributed by atoms with E-state index in [2.05, 4.69) is 15.3 Å². The smallest absolute Gasteiger partial charge is 0.451 e. The van der Waals surface area contributed by atoms with E-state index in [4.69, 9.17) is 4.74 Å². The molecule has 1 N–H and O–H groups in total. The highest BCUT2D eigenvalue weighted by Gasteiger charge is 2.36. The van der Waals surface area contributed by atoms with Crippen LogP contribution in [0.25, 0.3) is 0 Å². The molecule has 1 aromatic carbocycles. The van der Waals surface area contributed by atoms with Gasteiger partial charge in [0.15, 0.2) is 0 Å². The van der Waals surface area contributed by atoms with E-state index in [1.54, 1.807) is 13.8 Å². The average molecular weight is 343 g/mol. The van der Waals surface area contributed by atoms with Gasteiger partial charge in [-0.3, -0.25) is 0 Å². The predicted octanol–water partition coefficient (Wildman–Crippen LogP) is 3.86. The number of aromatic nitrogens is 2. The number of hydrogen-bond donors (Lipinski definition) is 1. The summed E-state index contributed by atoms with van der Waals surface area (Å²) < 4.78 is 56.3. The minimum Gasteiger partial charge on any atom is -0.462 e. The molecule has 0 aliphatic carbocycles. The summed E-state index contributed by atoms with van der Waals surface area (Å²) in [7, 11) is 0. The second-order valence-electron chi connectivity index (χ2n) is 4.76. The molecule has 1 aromatic heterocycles. The first-order valence-electron chi connectivity index (χ1n) is 6.87. The number of benzene rings is 1. The quantitative estimate of drug-likeness (QED) is 0.674. The summed E-state index contributed by atoms with van der Waals surface area (Å²) in [6, 6.07) is 3.65. The molecule has 2 rings (SSSR count). The van der Waals surface area contributed by atoms with Crippen LogP contribution in [0.2, 0.25) is 0 Å². The SMILES string of the molecule is CCOC(=O)c1cnc(C(F)(F)F)nc1Nc1ccc(F)cc1C. The summed E-state index contributed by atoms with van der Waals surface area (Å²) in [4.78, 5) is 18.4. The van der Waals surface area contributed by atoms with Gasteiger partial charge in [-0.2, -0.15) is 13.2 Å². The zero-order valence-electron chi connectivity index (χ0n) is 12.7. The number of alkyl halides is 3. The summed E-state index contributed by atoms with van der Waals surface area (Å²) in [6.07, 6.45) is -4.03. The molecule has 0 unspecified atom stereocenters. The molecule has 0 amide bonds. The fourth-order valence-electron chi connectivity index (χ4n) is 1.87. The number of aryl methyl sites for hydroxylation is 1. The third-order valence-electron chi connectivity index (χ3n) is 2.98. The lowest BCUT2D eigenvalue weighted by atomic mass is 10.2. The monoisotopic (exact) mass is 343 g/mol. The lowest BCUT2D eigenvalue weighted by Gasteiger charge is -2.14. The zero-order chi connectivity index (χ0) is 17.9. The molecule has 24 heavy (non-hydrogen) atoms. The van der Waals surface area contributed by atoms with E-state index in [0.29, 0.717) is 11.3 Å². The number of ether oxygens (including phenoxy) is 1. The molecule has 0 atom stereocenters. The number of carbonyl (C=O) groups excluding carboxylic acids is 1. The molecule has 0 saturated heterocycles. The Balaban J connectivity index is 2.48. The van der Waals surface area contributed by atoms with Crippen LogP contribution in [0.4, 0.5) is 29.1 Å². The van der Waals surface area contributed by atoms with Crippen LogP contribution in [-0.4, -0.2) is 22.5 Å². The van der Waals surface area contributed by atoms with Crippen LogP contribution < -0.4 is 5.32 Å². The molecule has 0 spiro atoms. The third kappa shape index (κ3) is 3.98. The van der Waals surface area contributed by atoms with Gasteiger partial charge in [0.2, 0.25) is 5.82 Å². The maximum atomic E-state index is 13.1. The first kappa shape index (κ1) is 17.6. The number of anilines is 2. The molecule has 1 heterocycles. The summed E-state index contributed by atoms with van der Waals surface area (Å²) in [5, 5.41) is 2.60. The number of halogens is 4. The molecule has 0 aliphatic heterocycles. The van der Waals surface area contributed by atoms with Crippen LogP contribution in [0.5, 0.6) is 0 Å². The van der Waals surface area contributed by atoms with Gasteiger partial charge in [-0.1, -0.05) is 0 Å². The molecule has 128 valence electrons. The van der Waals surface area contributed by atoms with E-state index < -0.39 is 23.8 Å². The standard InChI is InChI=1S/C15H13F4N3O2/c1-3-24-13(23)10-7-20-14(15(17,18)19)22-12(10)21-11-5-4-9(16)6-8(11)2/h4-7H,3H2,1-2H3,(H,20,21,22). The van der Waals surface area contributed by atoms with Gasteiger partial charge >= 0.3 is 12.1 Å². The second-order valence-corrected chi connectivity index (χ2v) is 4.76. The van der Waals surface area contributed by atoms with Crippen molar-refractivity contribution in [1.82, 2.24) is 9.97 Å². The van der Waals surface area contributed by atoms with Gasteiger partial charge < -0.3 is 10.1 Å². The summed E-state index contributed by atoms with van der Waals surface area (Å²) in [5.74, 6) is -3.14. The molecule has 9 heteroatoms. The Hall–Kier alpha value is -2.71. The molecule has 0 aliphatic rings. The Kier molecular flexibility index (Phi) is 5.01. The van der Waals surface area contributed by atoms with Gasteiger partial charge in [0, 0.05) is 11.9 Å². The fourth-order valence-corrected chi connectivity index (χ4v) is 1.87. The number of hydrogen-bond acceptors (Lipinski definition) is 5. The van der Waals surface area contributed by atoms with Crippen molar-refractivity contribution in [3.8, 4) is 0 Å². The largest absolute Gasteiger partial charge is 0.462 e. The van der Waals surface area contributed by atoms with Crippen molar-refractivity contribution in [3.63, 3.8) is 0 Å². The zero-order valence-corrected chi connectivity index (χ0v) is 12.7. The second kappa shape index (κ2) is 6.81. The van der Waals surface area contributed by atoms with Crippen molar-refractivity contribution in [1.29, 1.82) is 0 Å². The molecule has 5 nitrogen and oxygen atoms in total. The lowest BCUT2D eigenvalue weighted by molar-refractivity contribution is -0.144. The Morgan fingerprint density at radius 1 is 1.33 bits per heavy atom. The third-order valence-corrected chi connectivity index (χ3v) is 2.98. The molecule has 2 aromatic rings. The minimum atomic E-state index is -4.78. The van der Waals surface area contributed by atoms with E-state index in [1.807, 2.05) is 0 Å². The Bertz CT molecular complexity index is 763.